The Morgan fingerprint density at radius 3 is 2.59 bits per heavy atom. The van der Waals surface area contributed by atoms with Gasteiger partial charge in [-0.25, -0.2) is 12.7 Å². The molecule has 5 rings (SSSR count). The molecule has 2 fully saturated rings. The predicted octanol–water partition coefficient (Wildman–Crippen LogP) is 3.01. The summed E-state index contributed by atoms with van der Waals surface area (Å²) < 4.78 is 27.1. The van der Waals surface area contributed by atoms with Crippen molar-refractivity contribution in [1.29, 1.82) is 0 Å². The molecule has 3 heterocycles. The molecule has 10 heteroatoms. The van der Waals surface area contributed by atoms with Crippen LogP contribution >= 0.6 is 0 Å². The molecule has 9 nitrogen and oxygen atoms in total. The second-order valence-corrected chi connectivity index (χ2v) is 12.9. The Kier molecular flexibility index (Phi) is 7.35. The number of fused-ring (bicyclic) bond motifs is 1. The van der Waals surface area contributed by atoms with E-state index in [-0.39, 0.29) is 40.5 Å². The highest BCUT2D eigenvalue weighted by Gasteiger charge is 2.36. The minimum Gasteiger partial charge on any atom is -0.368 e. The Morgan fingerprint density at radius 1 is 1.08 bits per heavy atom. The van der Waals surface area contributed by atoms with E-state index in [1.165, 1.54) is 26.2 Å². The molecule has 0 spiro atoms. The molecular weight excluding hydrogens is 516 g/mol. The van der Waals surface area contributed by atoms with E-state index in [9.17, 15) is 22.8 Å². The van der Waals surface area contributed by atoms with Crippen LogP contribution < -0.4 is 15.8 Å². The molecule has 2 aliphatic heterocycles. The van der Waals surface area contributed by atoms with Crippen LogP contribution in [0.25, 0.3) is 10.9 Å². The number of hydrogen-bond donors (Lipinski definition) is 2. The van der Waals surface area contributed by atoms with Gasteiger partial charge in [0, 0.05) is 80.2 Å². The van der Waals surface area contributed by atoms with E-state index in [2.05, 4.69) is 15.2 Å². The first-order valence-corrected chi connectivity index (χ1v) is 14.7. The van der Waals surface area contributed by atoms with Gasteiger partial charge in [-0.2, -0.15) is 0 Å². The van der Waals surface area contributed by atoms with E-state index in [0.717, 1.165) is 46.6 Å². The first-order valence-electron chi connectivity index (χ1n) is 13.3. The number of Topliss-reactive ketones (excluding diaryl/α,β-unsaturated/α-hetero) is 1. The molecule has 2 aliphatic rings. The molecule has 1 aromatic heterocycles. The van der Waals surface area contributed by atoms with Gasteiger partial charge in [-0.3, -0.25) is 14.4 Å². The highest BCUT2D eigenvalue weighted by atomic mass is 32.2. The van der Waals surface area contributed by atoms with Gasteiger partial charge in [0.2, 0.25) is 21.5 Å². The molecule has 0 radical (unpaired) electrons. The summed E-state index contributed by atoms with van der Waals surface area (Å²) in [5.41, 5.74) is 3.19. The third-order valence-electron chi connectivity index (χ3n) is 7.94. The Balaban J connectivity index is 1.56. The van der Waals surface area contributed by atoms with Crippen LogP contribution in [0.1, 0.15) is 47.2 Å². The Hall–Kier alpha value is -3.50. The fourth-order valence-electron chi connectivity index (χ4n) is 5.87. The van der Waals surface area contributed by atoms with Crippen LogP contribution in [0.4, 0.5) is 5.69 Å². The van der Waals surface area contributed by atoms with E-state index in [0.29, 0.717) is 29.7 Å². The van der Waals surface area contributed by atoms with Crippen molar-refractivity contribution in [1.82, 2.24) is 14.6 Å². The molecule has 1 amide bonds. The normalized spacial score (nSPS) is 20.0. The predicted molar refractivity (Wildman–Crippen MR) is 151 cm³/mol. The summed E-state index contributed by atoms with van der Waals surface area (Å²) >= 11 is 0. The van der Waals surface area contributed by atoms with E-state index in [1.807, 2.05) is 19.1 Å². The fourth-order valence-corrected chi connectivity index (χ4v) is 6.80. The third kappa shape index (κ3) is 5.35. The lowest BCUT2D eigenvalue weighted by molar-refractivity contribution is -0.119. The van der Waals surface area contributed by atoms with Crippen LogP contribution in [-0.2, 0) is 21.2 Å². The first kappa shape index (κ1) is 27.1. The number of aromatic amines is 1. The standard InChI is InChI=1S/C29H34N4O5S/c1-18-12-29(36)31-24-9-7-19(13-22(18)24)14-27(34)23-16-21(39(37,38)32(2)3)8-10-26(23)33-11-5-4-6-25(33)20-15-28(35)30-17-20/h7-10,12-13,16,20,25H,4-6,11,14-15,17H2,1-3H3,(H,30,35)(H,31,36). The average molecular weight is 551 g/mol. The van der Waals surface area contributed by atoms with Crippen LogP contribution in [-0.4, -0.2) is 62.6 Å². The Morgan fingerprint density at radius 2 is 1.87 bits per heavy atom. The fraction of sp³-hybridized carbons (Fsp3) is 0.414. The van der Waals surface area contributed by atoms with Crippen molar-refractivity contribution in [3.63, 3.8) is 0 Å². The maximum Gasteiger partial charge on any atom is 0.248 e. The number of nitrogens with zero attached hydrogens (tertiary/aromatic N) is 2. The van der Waals surface area contributed by atoms with Crippen LogP contribution in [0, 0.1) is 12.8 Å². The average Bonchev–Trinajstić information content (AvgIpc) is 3.34. The molecule has 2 N–H and O–H groups in total. The molecule has 2 unspecified atom stereocenters. The lowest BCUT2D eigenvalue weighted by Crippen LogP contribution is -2.45. The largest absolute Gasteiger partial charge is 0.368 e. The number of nitrogens with one attached hydrogen (secondary N) is 2. The van der Waals surface area contributed by atoms with E-state index >= 15 is 0 Å². The lowest BCUT2D eigenvalue weighted by Gasteiger charge is -2.41. The van der Waals surface area contributed by atoms with Gasteiger partial charge >= 0.3 is 0 Å². The zero-order valence-corrected chi connectivity index (χ0v) is 23.3. The number of aryl methyl sites for hydroxylation is 1. The van der Waals surface area contributed by atoms with E-state index in [1.54, 1.807) is 18.2 Å². The number of carbonyl (C=O) groups is 2. The van der Waals surface area contributed by atoms with Crippen molar-refractivity contribution in [2.24, 2.45) is 5.92 Å². The van der Waals surface area contributed by atoms with Gasteiger partial charge in [0.1, 0.15) is 0 Å². The number of aromatic nitrogens is 1. The van der Waals surface area contributed by atoms with Crippen LogP contribution in [0.15, 0.2) is 52.2 Å². The Bertz CT molecular complexity index is 1610. The highest BCUT2D eigenvalue weighted by molar-refractivity contribution is 7.89. The molecule has 2 saturated heterocycles. The number of anilines is 1. The minimum atomic E-state index is -3.75. The van der Waals surface area contributed by atoms with Crippen LogP contribution in [0.5, 0.6) is 0 Å². The van der Waals surface area contributed by atoms with Crippen molar-refractivity contribution in [2.45, 2.75) is 50.0 Å². The second-order valence-electron chi connectivity index (χ2n) is 10.8. The summed E-state index contributed by atoms with van der Waals surface area (Å²) in [6.07, 6.45) is 3.44. The third-order valence-corrected chi connectivity index (χ3v) is 9.75. The van der Waals surface area contributed by atoms with Crippen molar-refractivity contribution in [3.05, 3.63) is 69.5 Å². The number of hydrogen-bond acceptors (Lipinski definition) is 6. The van der Waals surface area contributed by atoms with Gasteiger partial charge in [0.15, 0.2) is 5.78 Å². The minimum absolute atomic E-state index is 0.0437. The first-order chi connectivity index (χ1) is 18.5. The van der Waals surface area contributed by atoms with Gasteiger partial charge in [-0.05, 0) is 67.6 Å². The molecule has 0 saturated carbocycles. The summed E-state index contributed by atoms with van der Waals surface area (Å²) in [5.74, 6) is -0.00840. The summed E-state index contributed by atoms with van der Waals surface area (Å²) in [6.45, 7) is 3.20. The summed E-state index contributed by atoms with van der Waals surface area (Å²) in [6, 6.07) is 11.9. The van der Waals surface area contributed by atoms with Crippen molar-refractivity contribution in [3.8, 4) is 0 Å². The second kappa shape index (κ2) is 10.6. The number of amides is 1. The maximum absolute atomic E-state index is 13.9. The highest BCUT2D eigenvalue weighted by Crippen LogP contribution is 2.35. The molecular formula is C29H34N4O5S. The van der Waals surface area contributed by atoms with Crippen molar-refractivity contribution < 1.29 is 18.0 Å². The summed E-state index contributed by atoms with van der Waals surface area (Å²) in [5, 5.41) is 3.79. The number of pyridine rings is 1. The molecule has 0 aliphatic carbocycles. The zero-order valence-electron chi connectivity index (χ0n) is 22.5. The number of carbonyl (C=O) groups excluding carboxylic acids is 2. The SMILES string of the molecule is Cc1cc(=O)[nH]c2ccc(CC(=O)c3cc(S(=O)(=O)N(C)C)ccc3N3CCCCC3C3CNC(=O)C3)cc12. The van der Waals surface area contributed by atoms with Gasteiger partial charge in [0.05, 0.1) is 4.90 Å². The molecule has 0 bridgehead atoms. The lowest BCUT2D eigenvalue weighted by atomic mass is 9.88. The molecule has 3 aromatic rings. The van der Waals surface area contributed by atoms with Gasteiger partial charge in [-0.15, -0.1) is 0 Å². The smallest absolute Gasteiger partial charge is 0.248 e. The number of rotatable bonds is 7. The summed E-state index contributed by atoms with van der Waals surface area (Å²) in [4.78, 5) is 42.9. The number of piperidine rings is 1. The number of sulfonamides is 1. The molecule has 2 atom stereocenters. The zero-order chi connectivity index (χ0) is 27.9. The van der Waals surface area contributed by atoms with Gasteiger partial charge in [-0.1, -0.05) is 6.07 Å². The van der Waals surface area contributed by atoms with Crippen LogP contribution in [0.3, 0.4) is 0 Å². The quantitative estimate of drug-likeness (QED) is 0.437. The number of ketones is 1. The number of benzene rings is 2. The van der Waals surface area contributed by atoms with E-state index < -0.39 is 10.0 Å². The monoisotopic (exact) mass is 550 g/mol. The summed E-state index contributed by atoms with van der Waals surface area (Å²) in [7, 11) is -0.815. The van der Waals surface area contributed by atoms with Gasteiger partial charge < -0.3 is 15.2 Å². The maximum atomic E-state index is 13.9. The topological polar surface area (TPSA) is 120 Å². The Labute approximate surface area is 228 Å². The van der Waals surface area contributed by atoms with Gasteiger partial charge in [0.25, 0.3) is 0 Å². The van der Waals surface area contributed by atoms with Crippen LogP contribution in [0.2, 0.25) is 0 Å². The van der Waals surface area contributed by atoms with Crippen molar-refractivity contribution >= 4 is 38.3 Å². The van der Waals surface area contributed by atoms with E-state index in [4.69, 9.17) is 0 Å². The molecule has 2 aromatic carbocycles. The molecule has 39 heavy (non-hydrogen) atoms. The van der Waals surface area contributed by atoms with Crippen molar-refractivity contribution in [2.75, 3.05) is 32.1 Å². The molecule has 206 valence electrons. The number of H-pyrrole nitrogens is 1.